The molecule has 2 aromatic heterocycles. The summed E-state index contributed by atoms with van der Waals surface area (Å²) in [7, 11) is 1.57. The standard InChI is InChI=1S/C23H27ClN8O2/c1-11(2)29-23(33)31-8-14(9-31)19-16(7-25)17(24)6-15(20(19)34-5)13(4)32-22-18(12(3)30-32)21(26)27-10-28-22/h6,10-11,13-14H,8-9H2,1-5H3,(H,29,33)(H2,26,27,28). The van der Waals surface area contributed by atoms with Crippen LogP contribution in [0.25, 0.3) is 11.0 Å². The number of likely N-dealkylation sites (tertiary alicyclic amines) is 1. The van der Waals surface area contributed by atoms with E-state index in [2.05, 4.69) is 26.5 Å². The van der Waals surface area contributed by atoms with Gasteiger partial charge in [0, 0.05) is 36.2 Å². The predicted molar refractivity (Wildman–Crippen MR) is 129 cm³/mol. The van der Waals surface area contributed by atoms with Crippen molar-refractivity contribution in [1.82, 2.24) is 30.0 Å². The molecule has 1 atom stereocenters. The molecule has 3 aromatic rings. The van der Waals surface area contributed by atoms with Crippen molar-refractivity contribution in [2.75, 3.05) is 25.9 Å². The molecule has 1 saturated heterocycles. The Kier molecular flexibility index (Phi) is 6.23. The summed E-state index contributed by atoms with van der Waals surface area (Å²) < 4.78 is 7.61. The van der Waals surface area contributed by atoms with E-state index in [0.29, 0.717) is 57.5 Å². The van der Waals surface area contributed by atoms with Gasteiger partial charge in [0.1, 0.15) is 24.0 Å². The molecule has 11 heteroatoms. The Morgan fingerprint density at radius 2 is 2.06 bits per heavy atom. The Morgan fingerprint density at radius 3 is 2.68 bits per heavy atom. The number of aryl methyl sites for hydroxylation is 1. The number of carbonyl (C=O) groups excluding carboxylic acids is 1. The Bertz CT molecular complexity index is 1310. The summed E-state index contributed by atoms with van der Waals surface area (Å²) in [5.74, 6) is 0.840. The van der Waals surface area contributed by atoms with Crippen molar-refractivity contribution in [1.29, 1.82) is 5.26 Å². The van der Waals surface area contributed by atoms with Gasteiger partial charge in [0.2, 0.25) is 0 Å². The first-order valence-corrected chi connectivity index (χ1v) is 11.4. The molecule has 1 fully saturated rings. The van der Waals surface area contributed by atoms with Gasteiger partial charge < -0.3 is 20.7 Å². The molecular formula is C23H27ClN8O2. The second kappa shape index (κ2) is 8.99. The van der Waals surface area contributed by atoms with E-state index in [-0.39, 0.29) is 24.0 Å². The number of ether oxygens (including phenoxy) is 1. The van der Waals surface area contributed by atoms with Gasteiger partial charge >= 0.3 is 6.03 Å². The van der Waals surface area contributed by atoms with Gasteiger partial charge in [-0.25, -0.2) is 19.4 Å². The van der Waals surface area contributed by atoms with Crippen LogP contribution in [0.15, 0.2) is 12.4 Å². The highest BCUT2D eigenvalue weighted by Crippen LogP contribution is 2.44. The van der Waals surface area contributed by atoms with E-state index in [1.807, 2.05) is 27.7 Å². The number of hydrogen-bond donors (Lipinski definition) is 2. The molecule has 0 spiro atoms. The zero-order valence-corrected chi connectivity index (χ0v) is 20.5. The molecule has 1 unspecified atom stereocenters. The largest absolute Gasteiger partial charge is 0.496 e. The van der Waals surface area contributed by atoms with Gasteiger partial charge in [-0.15, -0.1) is 0 Å². The number of nitrogens with one attached hydrogen (secondary N) is 1. The minimum Gasteiger partial charge on any atom is -0.496 e. The summed E-state index contributed by atoms with van der Waals surface area (Å²) in [6.07, 6.45) is 1.40. The van der Waals surface area contributed by atoms with Gasteiger partial charge in [0.25, 0.3) is 0 Å². The maximum absolute atomic E-state index is 12.4. The van der Waals surface area contributed by atoms with Crippen LogP contribution < -0.4 is 15.8 Å². The van der Waals surface area contributed by atoms with Crippen LogP contribution in [-0.2, 0) is 0 Å². The predicted octanol–water partition coefficient (Wildman–Crippen LogP) is 3.38. The lowest BCUT2D eigenvalue weighted by Gasteiger charge is -2.41. The molecule has 0 aliphatic carbocycles. The number of anilines is 1. The minimum absolute atomic E-state index is 0.0413. The van der Waals surface area contributed by atoms with Gasteiger partial charge in [-0.2, -0.15) is 10.4 Å². The number of nitriles is 1. The molecule has 178 valence electrons. The zero-order chi connectivity index (χ0) is 24.7. The Morgan fingerprint density at radius 1 is 1.35 bits per heavy atom. The van der Waals surface area contributed by atoms with Crippen molar-refractivity contribution in [2.45, 2.75) is 45.7 Å². The van der Waals surface area contributed by atoms with Crippen LogP contribution in [0, 0.1) is 18.3 Å². The van der Waals surface area contributed by atoms with Crippen molar-refractivity contribution < 1.29 is 9.53 Å². The smallest absolute Gasteiger partial charge is 0.317 e. The van der Waals surface area contributed by atoms with Crippen LogP contribution in [0.1, 0.15) is 55.1 Å². The lowest BCUT2D eigenvalue weighted by atomic mass is 9.85. The highest BCUT2D eigenvalue weighted by molar-refractivity contribution is 6.32. The van der Waals surface area contributed by atoms with Crippen molar-refractivity contribution in [3.05, 3.63) is 39.8 Å². The monoisotopic (exact) mass is 482 g/mol. The summed E-state index contributed by atoms with van der Waals surface area (Å²) in [5, 5.41) is 18.4. The molecule has 10 nitrogen and oxygen atoms in total. The number of nitrogen functional groups attached to an aromatic ring is 1. The number of aromatic nitrogens is 4. The third-order valence-electron chi connectivity index (χ3n) is 6.11. The summed E-state index contributed by atoms with van der Waals surface area (Å²) in [6, 6.07) is 3.54. The summed E-state index contributed by atoms with van der Waals surface area (Å²) in [4.78, 5) is 22.5. The van der Waals surface area contributed by atoms with Crippen LogP contribution in [0.3, 0.4) is 0 Å². The second-order valence-corrected chi connectivity index (χ2v) is 9.16. The van der Waals surface area contributed by atoms with E-state index in [1.54, 1.807) is 22.8 Å². The van der Waals surface area contributed by atoms with Gasteiger partial charge in [0.05, 0.1) is 34.8 Å². The lowest BCUT2D eigenvalue weighted by Crippen LogP contribution is -2.54. The van der Waals surface area contributed by atoms with Crippen molar-refractivity contribution in [3.63, 3.8) is 0 Å². The van der Waals surface area contributed by atoms with Crippen molar-refractivity contribution in [2.24, 2.45) is 0 Å². The highest BCUT2D eigenvalue weighted by Gasteiger charge is 2.37. The first kappa shape index (κ1) is 23.6. The SMILES string of the molecule is COc1c(C(C)n2nc(C)c3c(N)ncnc32)cc(Cl)c(C#N)c1C1CN(C(=O)NC(C)C)C1. The third-order valence-corrected chi connectivity index (χ3v) is 6.41. The Balaban J connectivity index is 1.77. The minimum atomic E-state index is -0.329. The van der Waals surface area contributed by atoms with E-state index in [1.165, 1.54) is 6.33 Å². The average Bonchev–Trinajstić information content (AvgIpc) is 3.09. The number of methoxy groups -OCH3 is 1. The number of urea groups is 1. The lowest BCUT2D eigenvalue weighted by molar-refractivity contribution is 0.148. The van der Waals surface area contributed by atoms with E-state index < -0.39 is 0 Å². The molecule has 34 heavy (non-hydrogen) atoms. The number of halogens is 1. The van der Waals surface area contributed by atoms with Crippen molar-refractivity contribution >= 4 is 34.5 Å². The number of carbonyl (C=O) groups is 1. The maximum Gasteiger partial charge on any atom is 0.317 e. The Labute approximate surface area is 202 Å². The summed E-state index contributed by atoms with van der Waals surface area (Å²) in [5.41, 5.74) is 9.19. The topological polar surface area (TPSA) is 135 Å². The number of rotatable bonds is 5. The van der Waals surface area contributed by atoms with Crippen LogP contribution >= 0.6 is 11.6 Å². The van der Waals surface area contributed by atoms with E-state index in [0.717, 1.165) is 5.56 Å². The zero-order valence-electron chi connectivity index (χ0n) is 19.8. The van der Waals surface area contributed by atoms with Crippen LogP contribution in [0.5, 0.6) is 5.75 Å². The molecule has 0 radical (unpaired) electrons. The second-order valence-electron chi connectivity index (χ2n) is 8.75. The number of nitrogens with zero attached hydrogens (tertiary/aromatic N) is 6. The molecular weight excluding hydrogens is 456 g/mol. The molecule has 4 rings (SSSR count). The first-order chi connectivity index (χ1) is 16.2. The average molecular weight is 483 g/mol. The summed E-state index contributed by atoms with van der Waals surface area (Å²) in [6.45, 7) is 8.56. The van der Waals surface area contributed by atoms with Crippen LogP contribution in [-0.4, -0.2) is 56.9 Å². The number of hydrogen-bond acceptors (Lipinski definition) is 7. The van der Waals surface area contributed by atoms with Crippen LogP contribution in [0.2, 0.25) is 5.02 Å². The van der Waals surface area contributed by atoms with Gasteiger partial charge in [0.15, 0.2) is 5.65 Å². The van der Waals surface area contributed by atoms with E-state index in [4.69, 9.17) is 22.1 Å². The number of amides is 2. The molecule has 1 aliphatic heterocycles. The molecule has 3 N–H and O–H groups in total. The number of benzene rings is 1. The summed E-state index contributed by atoms with van der Waals surface area (Å²) >= 11 is 6.59. The molecule has 3 heterocycles. The van der Waals surface area contributed by atoms with Gasteiger partial charge in [-0.05, 0) is 33.8 Å². The maximum atomic E-state index is 12.4. The van der Waals surface area contributed by atoms with E-state index >= 15 is 0 Å². The molecule has 2 amide bonds. The fraction of sp³-hybridized carbons (Fsp3) is 0.435. The molecule has 1 aromatic carbocycles. The molecule has 0 bridgehead atoms. The first-order valence-electron chi connectivity index (χ1n) is 11.0. The third kappa shape index (κ3) is 3.86. The van der Waals surface area contributed by atoms with Gasteiger partial charge in [-0.3, -0.25) is 0 Å². The molecule has 1 aliphatic rings. The molecule has 0 saturated carbocycles. The number of fused-ring (bicyclic) bond motifs is 1. The fourth-order valence-corrected chi connectivity index (χ4v) is 4.71. The van der Waals surface area contributed by atoms with Crippen molar-refractivity contribution in [3.8, 4) is 11.8 Å². The fourth-order valence-electron chi connectivity index (χ4n) is 4.45. The van der Waals surface area contributed by atoms with Crippen LogP contribution in [0.4, 0.5) is 10.6 Å². The quantitative estimate of drug-likeness (QED) is 0.569. The van der Waals surface area contributed by atoms with Gasteiger partial charge in [-0.1, -0.05) is 11.6 Å². The highest BCUT2D eigenvalue weighted by atomic mass is 35.5. The Hall–Kier alpha value is -3.58. The number of nitrogens with two attached hydrogens (primary N) is 1. The normalized spacial score (nSPS) is 14.7. The van der Waals surface area contributed by atoms with E-state index in [9.17, 15) is 10.1 Å².